The number of nitrogen functional groups attached to an aromatic ring is 1. The molecule has 0 unspecified atom stereocenters. The number of nitrogens with zero attached hydrogens (tertiary/aromatic N) is 4. The molecule has 2 N–H and O–H groups in total. The molecule has 8 heteroatoms. The third-order valence-electron chi connectivity index (χ3n) is 4.25. The molecule has 0 aliphatic carbocycles. The molecular weight excluding hydrogens is 334 g/mol. The van der Waals surface area contributed by atoms with Crippen LogP contribution in [0, 0.1) is 6.92 Å². The lowest BCUT2D eigenvalue weighted by molar-refractivity contribution is 0.0232. The van der Waals surface area contributed by atoms with Crippen molar-refractivity contribution >= 4 is 17.9 Å². The molecule has 0 fully saturated rings. The van der Waals surface area contributed by atoms with Crippen LogP contribution in [0.2, 0.25) is 0 Å². The first-order valence-electron chi connectivity index (χ1n) is 8.41. The fourth-order valence-corrected chi connectivity index (χ4v) is 3.03. The maximum absolute atomic E-state index is 12.8. The Hall–Kier alpha value is -2.90. The van der Waals surface area contributed by atoms with E-state index in [-0.39, 0.29) is 18.4 Å². The van der Waals surface area contributed by atoms with Gasteiger partial charge in [-0.05, 0) is 39.3 Å². The van der Waals surface area contributed by atoms with Crippen molar-refractivity contribution in [2.45, 2.75) is 39.7 Å². The Labute approximate surface area is 152 Å². The van der Waals surface area contributed by atoms with Gasteiger partial charge >= 0.3 is 6.09 Å². The van der Waals surface area contributed by atoms with Crippen molar-refractivity contribution in [3.05, 3.63) is 29.1 Å². The van der Waals surface area contributed by atoms with Crippen molar-refractivity contribution in [2.24, 2.45) is 7.05 Å². The van der Waals surface area contributed by atoms with E-state index in [2.05, 4.69) is 9.97 Å². The zero-order chi connectivity index (χ0) is 19.2. The van der Waals surface area contributed by atoms with Gasteiger partial charge in [-0.25, -0.2) is 19.7 Å². The molecule has 26 heavy (non-hydrogen) atoms. The minimum atomic E-state index is -0.658. The van der Waals surface area contributed by atoms with Gasteiger partial charge in [-0.1, -0.05) is 0 Å². The summed E-state index contributed by atoms with van der Waals surface area (Å²) >= 11 is 0. The number of rotatable bonds is 1. The van der Waals surface area contributed by atoms with Crippen molar-refractivity contribution in [1.29, 1.82) is 0 Å². The van der Waals surface area contributed by atoms with Crippen LogP contribution in [-0.4, -0.2) is 43.6 Å². The van der Waals surface area contributed by atoms with E-state index >= 15 is 0 Å². The standard InChI is InChI=1S/C18H23N5O3/c1-10-9-20-16(19)21-14(10)13-8-11-12(22(13)5)6-7-23(15(11)24)17(25)26-18(2,3)4/h8-9H,6-7H2,1-5H3,(H2,19,20,21). The topological polar surface area (TPSA) is 103 Å². The number of carbonyl (C=O) groups excluding carboxylic acids is 2. The van der Waals surface area contributed by atoms with E-state index in [4.69, 9.17) is 10.5 Å². The Morgan fingerprint density at radius 2 is 2.04 bits per heavy atom. The maximum Gasteiger partial charge on any atom is 0.417 e. The van der Waals surface area contributed by atoms with E-state index in [1.54, 1.807) is 33.0 Å². The quantitative estimate of drug-likeness (QED) is 0.840. The van der Waals surface area contributed by atoms with E-state index in [9.17, 15) is 9.59 Å². The van der Waals surface area contributed by atoms with Crippen LogP contribution < -0.4 is 5.73 Å². The number of aromatic nitrogens is 3. The van der Waals surface area contributed by atoms with Crippen LogP contribution in [0.5, 0.6) is 0 Å². The van der Waals surface area contributed by atoms with Crippen molar-refractivity contribution in [2.75, 3.05) is 12.3 Å². The molecule has 2 amide bonds. The number of hydrogen-bond acceptors (Lipinski definition) is 6. The smallest absolute Gasteiger partial charge is 0.417 e. The largest absolute Gasteiger partial charge is 0.443 e. The lowest BCUT2D eigenvalue weighted by Gasteiger charge is -2.28. The lowest BCUT2D eigenvalue weighted by atomic mass is 10.1. The summed E-state index contributed by atoms with van der Waals surface area (Å²) < 4.78 is 7.27. The van der Waals surface area contributed by atoms with Gasteiger partial charge in [-0.3, -0.25) is 4.79 Å². The summed E-state index contributed by atoms with van der Waals surface area (Å²) in [5.41, 5.74) is 8.70. The first-order chi connectivity index (χ1) is 12.1. The second-order valence-electron chi connectivity index (χ2n) is 7.40. The summed E-state index contributed by atoms with van der Waals surface area (Å²) in [6, 6.07) is 1.75. The SMILES string of the molecule is Cc1cnc(N)nc1-c1cc2c(n1C)CCN(C(=O)OC(C)(C)C)C2=O. The zero-order valence-electron chi connectivity index (χ0n) is 15.7. The Bertz CT molecular complexity index is 895. The van der Waals surface area contributed by atoms with Crippen molar-refractivity contribution in [1.82, 2.24) is 19.4 Å². The van der Waals surface area contributed by atoms with Crippen LogP contribution in [0.1, 0.15) is 42.4 Å². The molecule has 1 aliphatic heterocycles. The zero-order valence-corrected chi connectivity index (χ0v) is 15.7. The molecule has 0 radical (unpaired) electrons. The van der Waals surface area contributed by atoms with Crippen LogP contribution in [0.3, 0.4) is 0 Å². The minimum Gasteiger partial charge on any atom is -0.443 e. The van der Waals surface area contributed by atoms with Gasteiger partial charge in [0.25, 0.3) is 5.91 Å². The molecule has 3 rings (SSSR count). The second-order valence-corrected chi connectivity index (χ2v) is 7.40. The van der Waals surface area contributed by atoms with E-state index < -0.39 is 11.7 Å². The number of anilines is 1. The number of ether oxygens (including phenoxy) is 1. The van der Waals surface area contributed by atoms with Crippen LogP contribution in [-0.2, 0) is 18.2 Å². The molecule has 0 saturated carbocycles. The highest BCUT2D eigenvalue weighted by Crippen LogP contribution is 2.30. The number of aryl methyl sites for hydroxylation is 1. The van der Waals surface area contributed by atoms with Crippen molar-refractivity contribution in [3.63, 3.8) is 0 Å². The van der Waals surface area contributed by atoms with Crippen molar-refractivity contribution < 1.29 is 14.3 Å². The third-order valence-corrected chi connectivity index (χ3v) is 4.25. The number of carbonyl (C=O) groups is 2. The average molecular weight is 357 g/mol. The second kappa shape index (κ2) is 6.12. The van der Waals surface area contributed by atoms with E-state index in [1.165, 1.54) is 0 Å². The summed E-state index contributed by atoms with van der Waals surface area (Å²) in [5, 5.41) is 0. The lowest BCUT2D eigenvalue weighted by Crippen LogP contribution is -2.44. The highest BCUT2D eigenvalue weighted by atomic mass is 16.6. The molecule has 0 spiro atoms. The van der Waals surface area contributed by atoms with Crippen LogP contribution >= 0.6 is 0 Å². The van der Waals surface area contributed by atoms with Crippen LogP contribution in [0.15, 0.2) is 12.3 Å². The van der Waals surface area contributed by atoms with Gasteiger partial charge in [0.15, 0.2) is 0 Å². The van der Waals surface area contributed by atoms with Gasteiger partial charge in [0.2, 0.25) is 5.95 Å². The summed E-state index contributed by atoms with van der Waals surface area (Å²) in [6.45, 7) is 7.48. The molecule has 3 heterocycles. The highest BCUT2D eigenvalue weighted by Gasteiger charge is 2.35. The normalized spacial score (nSPS) is 14.3. The van der Waals surface area contributed by atoms with Gasteiger partial charge in [0, 0.05) is 31.9 Å². The number of imide groups is 1. The fraction of sp³-hybridized carbons (Fsp3) is 0.444. The minimum absolute atomic E-state index is 0.173. The summed E-state index contributed by atoms with van der Waals surface area (Å²) in [7, 11) is 1.88. The van der Waals surface area contributed by atoms with Crippen LogP contribution in [0.25, 0.3) is 11.4 Å². The molecule has 0 aromatic carbocycles. The van der Waals surface area contributed by atoms with Gasteiger partial charge in [-0.2, -0.15) is 0 Å². The van der Waals surface area contributed by atoms with Gasteiger partial charge in [0.05, 0.1) is 17.0 Å². The predicted molar refractivity (Wildman–Crippen MR) is 96.6 cm³/mol. The van der Waals surface area contributed by atoms with E-state index in [0.717, 1.165) is 21.9 Å². The summed E-state index contributed by atoms with van der Waals surface area (Å²) in [4.78, 5) is 34.6. The third kappa shape index (κ3) is 3.14. The Morgan fingerprint density at radius 1 is 1.35 bits per heavy atom. The maximum atomic E-state index is 12.8. The van der Waals surface area contributed by atoms with Gasteiger partial charge < -0.3 is 15.0 Å². The number of fused-ring (bicyclic) bond motifs is 1. The average Bonchev–Trinajstić information content (AvgIpc) is 2.86. The van der Waals surface area contributed by atoms with E-state index in [0.29, 0.717) is 17.7 Å². The van der Waals surface area contributed by atoms with Crippen molar-refractivity contribution in [3.8, 4) is 11.4 Å². The first-order valence-corrected chi connectivity index (χ1v) is 8.41. The summed E-state index contributed by atoms with van der Waals surface area (Å²) in [6.07, 6.45) is 1.58. The van der Waals surface area contributed by atoms with E-state index in [1.807, 2.05) is 18.5 Å². The molecule has 2 aromatic heterocycles. The number of nitrogens with two attached hydrogens (primary N) is 1. The molecule has 1 aliphatic rings. The number of amides is 2. The fourth-order valence-electron chi connectivity index (χ4n) is 3.03. The number of hydrogen-bond donors (Lipinski definition) is 1. The molecule has 0 atom stereocenters. The molecule has 0 saturated heterocycles. The highest BCUT2D eigenvalue weighted by molar-refractivity contribution is 6.05. The molecular formula is C18H23N5O3. The first kappa shape index (κ1) is 17.9. The van der Waals surface area contributed by atoms with Gasteiger partial charge in [-0.15, -0.1) is 0 Å². The van der Waals surface area contributed by atoms with Crippen LogP contribution in [0.4, 0.5) is 10.7 Å². The Kier molecular flexibility index (Phi) is 4.21. The molecule has 0 bridgehead atoms. The Balaban J connectivity index is 1.99. The summed E-state index contributed by atoms with van der Waals surface area (Å²) in [5.74, 6) is -0.187. The predicted octanol–water partition coefficient (Wildman–Crippen LogP) is 2.31. The molecule has 8 nitrogen and oxygen atoms in total. The molecule has 2 aromatic rings. The van der Waals surface area contributed by atoms with Gasteiger partial charge in [0.1, 0.15) is 5.60 Å². The monoisotopic (exact) mass is 357 g/mol. The Morgan fingerprint density at radius 3 is 2.69 bits per heavy atom. The molecule has 138 valence electrons.